The highest BCUT2D eigenvalue weighted by Gasteiger charge is 2.16. The molecule has 50 valence electrons. The minimum atomic E-state index is -2.91. The van der Waals surface area contributed by atoms with Gasteiger partial charge in [0, 0.05) is 6.16 Å². The first kappa shape index (κ1) is 8.15. The number of hydrogen-bond donors (Lipinski definition) is 1. The molecule has 1 unspecified atom stereocenters. The smallest absolute Gasteiger partial charge is 0.269 e. The van der Waals surface area contributed by atoms with Crippen molar-refractivity contribution in [3.8, 4) is 0 Å². The molecule has 0 aromatic rings. The highest BCUT2D eigenvalue weighted by molar-refractivity contribution is 7.55. The van der Waals surface area contributed by atoms with Crippen LogP contribution in [0.4, 0.5) is 0 Å². The quantitative estimate of drug-likeness (QED) is 0.571. The van der Waals surface area contributed by atoms with Gasteiger partial charge in [0.1, 0.15) is 0 Å². The fraction of sp³-hybridized carbons (Fsp3) is 1.00. The van der Waals surface area contributed by atoms with Gasteiger partial charge in [0.25, 0.3) is 7.52 Å². The second-order valence-corrected chi connectivity index (χ2v) is 4.59. The molecule has 0 saturated carbocycles. The van der Waals surface area contributed by atoms with Crippen molar-refractivity contribution in [1.29, 1.82) is 0 Å². The van der Waals surface area contributed by atoms with Gasteiger partial charge in [-0.3, -0.25) is 4.57 Å². The van der Waals surface area contributed by atoms with Crippen LogP contribution in [0.5, 0.6) is 0 Å². The van der Waals surface area contributed by atoms with Crippen molar-refractivity contribution in [2.75, 3.05) is 20.3 Å². The zero-order valence-corrected chi connectivity index (χ0v) is 6.35. The van der Waals surface area contributed by atoms with E-state index in [4.69, 9.17) is 4.89 Å². The van der Waals surface area contributed by atoms with Gasteiger partial charge in [-0.05, 0) is 14.1 Å². The lowest BCUT2D eigenvalue weighted by molar-refractivity contribution is 0.412. The molecule has 4 heteroatoms. The standard InChI is InChI=1S/C4H12NO2P/c1-4-8(6,7)5(2)3/h4H2,1-3H3,(H,6,7). The first-order valence-electron chi connectivity index (χ1n) is 2.50. The molecule has 0 saturated heterocycles. The summed E-state index contributed by atoms with van der Waals surface area (Å²) in [6, 6.07) is 0. The van der Waals surface area contributed by atoms with E-state index in [-0.39, 0.29) is 0 Å². The SMILES string of the molecule is CCP(=O)(O)N(C)C. The fourth-order valence-electron chi connectivity index (χ4n) is 0.283. The lowest BCUT2D eigenvalue weighted by Gasteiger charge is -2.15. The third kappa shape index (κ3) is 1.95. The van der Waals surface area contributed by atoms with Gasteiger partial charge in [-0.1, -0.05) is 6.92 Å². The minimum Gasteiger partial charge on any atom is -0.333 e. The van der Waals surface area contributed by atoms with Gasteiger partial charge in [-0.2, -0.15) is 0 Å². The largest absolute Gasteiger partial charge is 0.333 e. The normalized spacial score (nSPS) is 18.6. The second kappa shape index (κ2) is 2.62. The van der Waals surface area contributed by atoms with Crippen molar-refractivity contribution in [2.45, 2.75) is 6.92 Å². The van der Waals surface area contributed by atoms with Gasteiger partial charge in [0.05, 0.1) is 0 Å². The first-order valence-corrected chi connectivity index (χ1v) is 4.30. The third-order valence-electron chi connectivity index (χ3n) is 1.04. The Morgan fingerprint density at radius 2 is 2.00 bits per heavy atom. The molecule has 0 amide bonds. The molecule has 0 aromatic heterocycles. The van der Waals surface area contributed by atoms with E-state index in [1.807, 2.05) is 0 Å². The first-order chi connectivity index (χ1) is 3.50. The Hall–Kier alpha value is 0.150. The molecule has 3 nitrogen and oxygen atoms in total. The van der Waals surface area contributed by atoms with Crippen molar-refractivity contribution >= 4 is 7.52 Å². The van der Waals surface area contributed by atoms with Crippen molar-refractivity contribution in [3.05, 3.63) is 0 Å². The Morgan fingerprint density at radius 1 is 1.62 bits per heavy atom. The van der Waals surface area contributed by atoms with Crippen LogP contribution in [0.3, 0.4) is 0 Å². The molecule has 0 radical (unpaired) electrons. The maximum absolute atomic E-state index is 10.8. The highest BCUT2D eigenvalue weighted by Crippen LogP contribution is 2.41. The van der Waals surface area contributed by atoms with E-state index in [1.165, 1.54) is 4.67 Å². The average molecular weight is 137 g/mol. The third-order valence-corrected chi connectivity index (χ3v) is 3.11. The van der Waals surface area contributed by atoms with Crippen LogP contribution in [-0.4, -0.2) is 29.8 Å². The van der Waals surface area contributed by atoms with Gasteiger partial charge >= 0.3 is 0 Å². The predicted molar refractivity (Wildman–Crippen MR) is 34.1 cm³/mol. The van der Waals surface area contributed by atoms with E-state index >= 15 is 0 Å². The Bertz CT molecular complexity index is 113. The molecular weight excluding hydrogens is 125 g/mol. The van der Waals surface area contributed by atoms with Crippen LogP contribution in [0, 0.1) is 0 Å². The summed E-state index contributed by atoms with van der Waals surface area (Å²) < 4.78 is 12.1. The molecule has 0 aliphatic heterocycles. The lowest BCUT2D eigenvalue weighted by Crippen LogP contribution is -2.08. The summed E-state index contributed by atoms with van der Waals surface area (Å²) in [5.41, 5.74) is 0. The molecule has 0 aromatic carbocycles. The predicted octanol–water partition coefficient (Wildman–Crippen LogP) is 0.753. The highest BCUT2D eigenvalue weighted by atomic mass is 31.2. The van der Waals surface area contributed by atoms with Crippen molar-refractivity contribution in [3.63, 3.8) is 0 Å². The summed E-state index contributed by atoms with van der Waals surface area (Å²) in [7, 11) is 0.291. The van der Waals surface area contributed by atoms with Crippen LogP contribution >= 0.6 is 7.52 Å². The van der Waals surface area contributed by atoms with Crippen LogP contribution in [0.25, 0.3) is 0 Å². The topological polar surface area (TPSA) is 40.5 Å². The van der Waals surface area contributed by atoms with E-state index in [9.17, 15) is 4.57 Å². The van der Waals surface area contributed by atoms with Crippen LogP contribution in [0.15, 0.2) is 0 Å². The van der Waals surface area contributed by atoms with Crippen molar-refractivity contribution in [2.24, 2.45) is 0 Å². The summed E-state index contributed by atoms with van der Waals surface area (Å²) in [5, 5.41) is 0. The molecule has 0 aliphatic rings. The summed E-state index contributed by atoms with van der Waals surface area (Å²) in [5.74, 6) is 0. The van der Waals surface area contributed by atoms with E-state index < -0.39 is 7.52 Å². The molecule has 0 spiro atoms. The van der Waals surface area contributed by atoms with Crippen LogP contribution in [-0.2, 0) is 4.57 Å². The molecule has 0 rings (SSSR count). The van der Waals surface area contributed by atoms with Gasteiger partial charge < -0.3 is 4.89 Å². The van der Waals surface area contributed by atoms with Crippen LogP contribution in [0.2, 0.25) is 0 Å². The molecular formula is C4H12NO2P. The zero-order valence-electron chi connectivity index (χ0n) is 5.46. The van der Waals surface area contributed by atoms with Gasteiger partial charge in [0.15, 0.2) is 0 Å². The van der Waals surface area contributed by atoms with E-state index in [0.717, 1.165) is 0 Å². The molecule has 0 fully saturated rings. The van der Waals surface area contributed by atoms with Crippen LogP contribution in [0.1, 0.15) is 6.92 Å². The number of rotatable bonds is 2. The van der Waals surface area contributed by atoms with Gasteiger partial charge in [0.2, 0.25) is 0 Å². The van der Waals surface area contributed by atoms with E-state index in [1.54, 1.807) is 21.0 Å². The molecule has 0 aliphatic carbocycles. The minimum absolute atomic E-state index is 0.319. The fourth-order valence-corrected chi connectivity index (χ4v) is 0.849. The van der Waals surface area contributed by atoms with Crippen molar-refractivity contribution < 1.29 is 9.46 Å². The van der Waals surface area contributed by atoms with Crippen molar-refractivity contribution in [1.82, 2.24) is 4.67 Å². The Kier molecular flexibility index (Phi) is 2.67. The molecule has 1 N–H and O–H groups in total. The molecule has 1 atom stereocenters. The maximum Gasteiger partial charge on any atom is 0.269 e. The Labute approximate surface area is 49.8 Å². The summed E-state index contributed by atoms with van der Waals surface area (Å²) in [6.07, 6.45) is 0.319. The lowest BCUT2D eigenvalue weighted by atomic mass is 11.0. The number of hydrogen-bond acceptors (Lipinski definition) is 1. The summed E-state index contributed by atoms with van der Waals surface area (Å²) in [4.78, 5) is 8.88. The van der Waals surface area contributed by atoms with Gasteiger partial charge in [-0.15, -0.1) is 0 Å². The Balaban J connectivity index is 3.93. The molecule has 0 heterocycles. The maximum atomic E-state index is 10.8. The zero-order chi connectivity index (χ0) is 6.78. The summed E-state index contributed by atoms with van der Waals surface area (Å²) in [6.45, 7) is 1.70. The van der Waals surface area contributed by atoms with E-state index in [0.29, 0.717) is 6.16 Å². The average Bonchev–Trinajstić information content (AvgIpc) is 1.67. The van der Waals surface area contributed by atoms with Gasteiger partial charge in [-0.25, -0.2) is 4.67 Å². The Morgan fingerprint density at radius 3 is 2.00 bits per heavy atom. The second-order valence-electron chi connectivity index (χ2n) is 1.83. The van der Waals surface area contributed by atoms with E-state index in [2.05, 4.69) is 0 Å². The molecule has 0 bridgehead atoms. The van der Waals surface area contributed by atoms with Crippen LogP contribution < -0.4 is 0 Å². The summed E-state index contributed by atoms with van der Waals surface area (Å²) >= 11 is 0. The number of nitrogens with zero attached hydrogens (tertiary/aromatic N) is 1. The monoisotopic (exact) mass is 137 g/mol. The molecule has 8 heavy (non-hydrogen) atoms.